The lowest BCUT2D eigenvalue weighted by Gasteiger charge is -2.30. The number of nitrogens with one attached hydrogen (secondary N) is 1. The van der Waals surface area contributed by atoms with Gasteiger partial charge in [0.2, 0.25) is 15.9 Å². The molecule has 0 spiro atoms. The first-order valence-electron chi connectivity index (χ1n) is 9.86. The number of amides is 1. The Kier molecular flexibility index (Phi) is 6.11. The first-order chi connectivity index (χ1) is 12.7. The summed E-state index contributed by atoms with van der Waals surface area (Å²) in [7, 11) is -3.32. The summed E-state index contributed by atoms with van der Waals surface area (Å²) in [6.07, 6.45) is 4.95. The lowest BCUT2D eigenvalue weighted by atomic mass is 9.99. The number of rotatable bonds is 6. The first kappa shape index (κ1) is 20.1. The van der Waals surface area contributed by atoms with Gasteiger partial charge in [0, 0.05) is 37.3 Å². The van der Waals surface area contributed by atoms with Gasteiger partial charge in [-0.2, -0.15) is 0 Å². The summed E-state index contributed by atoms with van der Waals surface area (Å²) in [6.45, 7) is 6.56. The number of benzene rings is 1. The van der Waals surface area contributed by atoms with Crippen LogP contribution in [0.5, 0.6) is 0 Å². The van der Waals surface area contributed by atoms with Crippen LogP contribution in [0.4, 0.5) is 5.69 Å². The van der Waals surface area contributed by atoms with Gasteiger partial charge >= 0.3 is 0 Å². The van der Waals surface area contributed by atoms with E-state index in [1.807, 2.05) is 18.7 Å². The Bertz CT molecular complexity index is 772. The van der Waals surface area contributed by atoms with Crippen LogP contribution >= 0.6 is 0 Å². The molecule has 0 radical (unpaired) electrons. The third-order valence-electron chi connectivity index (χ3n) is 5.51. The van der Waals surface area contributed by atoms with Crippen LogP contribution in [0.1, 0.15) is 38.7 Å². The minimum absolute atomic E-state index is 0.0912. The summed E-state index contributed by atoms with van der Waals surface area (Å²) in [6, 6.07) is 8.08. The third-order valence-corrected chi connectivity index (χ3v) is 6.25. The van der Waals surface area contributed by atoms with Gasteiger partial charge in [-0.25, -0.2) is 13.1 Å². The van der Waals surface area contributed by atoms with Gasteiger partial charge in [-0.3, -0.25) is 4.79 Å². The fourth-order valence-electron chi connectivity index (χ4n) is 4.22. The molecule has 7 heteroatoms. The zero-order chi connectivity index (χ0) is 19.6. The minimum Gasteiger partial charge on any atom is -0.372 e. The van der Waals surface area contributed by atoms with E-state index in [4.69, 9.17) is 0 Å². The minimum atomic E-state index is -3.32. The van der Waals surface area contributed by atoms with Crippen molar-refractivity contribution in [3.05, 3.63) is 29.8 Å². The van der Waals surface area contributed by atoms with Gasteiger partial charge in [0.05, 0.1) is 12.3 Å². The molecule has 150 valence electrons. The van der Waals surface area contributed by atoms with E-state index in [1.165, 1.54) is 24.8 Å². The van der Waals surface area contributed by atoms with Crippen molar-refractivity contribution < 1.29 is 13.2 Å². The molecule has 0 bridgehead atoms. The second-order valence-electron chi connectivity index (χ2n) is 8.11. The smallest absolute Gasteiger partial charge is 0.225 e. The number of hydrogen-bond donors (Lipinski definition) is 1. The van der Waals surface area contributed by atoms with Gasteiger partial charge in [0.25, 0.3) is 0 Å². The molecule has 0 aromatic heterocycles. The van der Waals surface area contributed by atoms with E-state index >= 15 is 0 Å². The van der Waals surface area contributed by atoms with Gasteiger partial charge < -0.3 is 9.80 Å². The van der Waals surface area contributed by atoms with Crippen molar-refractivity contribution in [1.29, 1.82) is 0 Å². The molecule has 0 aliphatic carbocycles. The van der Waals surface area contributed by atoms with Crippen LogP contribution in [0.15, 0.2) is 24.3 Å². The number of anilines is 1. The number of likely N-dealkylation sites (tertiary alicyclic amines) is 1. The monoisotopic (exact) mass is 393 g/mol. The van der Waals surface area contributed by atoms with Crippen LogP contribution in [0.3, 0.4) is 0 Å². The summed E-state index contributed by atoms with van der Waals surface area (Å²) in [5.41, 5.74) is 2.37. The maximum atomic E-state index is 12.7. The van der Waals surface area contributed by atoms with Crippen LogP contribution in [-0.4, -0.2) is 57.2 Å². The van der Waals surface area contributed by atoms with Crippen molar-refractivity contribution in [3.8, 4) is 0 Å². The van der Waals surface area contributed by atoms with Gasteiger partial charge in [-0.15, -0.1) is 0 Å². The van der Waals surface area contributed by atoms with Gasteiger partial charge in [0.15, 0.2) is 0 Å². The summed E-state index contributed by atoms with van der Waals surface area (Å²) in [4.78, 5) is 16.9. The molecule has 1 aromatic carbocycles. The maximum Gasteiger partial charge on any atom is 0.225 e. The predicted molar refractivity (Wildman–Crippen MR) is 108 cm³/mol. The molecule has 1 aromatic rings. The Balaban J connectivity index is 1.82. The molecule has 0 saturated carbocycles. The molecule has 2 atom stereocenters. The average molecular weight is 394 g/mol. The molecule has 1 N–H and O–H groups in total. The molecule has 2 aliphatic rings. The molecule has 6 nitrogen and oxygen atoms in total. The van der Waals surface area contributed by atoms with E-state index in [-0.39, 0.29) is 23.9 Å². The lowest BCUT2D eigenvalue weighted by Crippen LogP contribution is -2.48. The van der Waals surface area contributed by atoms with Crippen molar-refractivity contribution >= 4 is 21.6 Å². The molecule has 2 fully saturated rings. The second-order valence-corrected chi connectivity index (χ2v) is 9.89. The number of carbonyl (C=O) groups excluding carboxylic acids is 1. The number of hydrogen-bond acceptors (Lipinski definition) is 4. The predicted octanol–water partition coefficient (Wildman–Crippen LogP) is 2.00. The normalized spacial score (nSPS) is 23.4. The second kappa shape index (κ2) is 8.19. The topological polar surface area (TPSA) is 69.7 Å². The molecular weight excluding hydrogens is 362 g/mol. The number of sulfonamides is 1. The Labute approximate surface area is 163 Å². The van der Waals surface area contributed by atoms with Crippen molar-refractivity contribution in [2.24, 2.45) is 5.92 Å². The van der Waals surface area contributed by atoms with E-state index in [9.17, 15) is 13.2 Å². The number of carbonyl (C=O) groups is 1. The van der Waals surface area contributed by atoms with Crippen molar-refractivity contribution in [3.63, 3.8) is 0 Å². The van der Waals surface area contributed by atoms with E-state index in [1.54, 1.807) is 0 Å². The maximum absolute atomic E-state index is 12.7. The van der Waals surface area contributed by atoms with Crippen LogP contribution < -0.4 is 9.62 Å². The molecular formula is C20H31N3O3S. The molecule has 2 aliphatic heterocycles. The van der Waals surface area contributed by atoms with Crippen molar-refractivity contribution in [1.82, 2.24) is 9.62 Å². The van der Waals surface area contributed by atoms with E-state index < -0.39 is 10.0 Å². The standard InChI is InChI=1S/C20H31N3O3S/c1-15(2)20(24)23-12-9-18(21-27(3,25)26)19(23)14-16-7-6-8-17(13-16)22-10-4-5-11-22/h6-8,13,15,18-19,21H,4-5,9-12,14H2,1-3H3/t18-,19-/m1/s1. The van der Waals surface area contributed by atoms with Gasteiger partial charge in [-0.1, -0.05) is 26.0 Å². The Morgan fingerprint density at radius 1 is 1.22 bits per heavy atom. The highest BCUT2D eigenvalue weighted by Crippen LogP contribution is 2.27. The van der Waals surface area contributed by atoms with Crippen molar-refractivity contribution in [2.75, 3.05) is 30.8 Å². The Hall–Kier alpha value is -1.60. The van der Waals surface area contributed by atoms with Gasteiger partial charge in [0.1, 0.15) is 0 Å². The van der Waals surface area contributed by atoms with Crippen LogP contribution in [0, 0.1) is 5.92 Å². The molecule has 2 heterocycles. The Morgan fingerprint density at radius 2 is 1.93 bits per heavy atom. The van der Waals surface area contributed by atoms with Gasteiger partial charge in [-0.05, 0) is 43.4 Å². The summed E-state index contributed by atoms with van der Waals surface area (Å²) in [5, 5.41) is 0. The Morgan fingerprint density at radius 3 is 2.56 bits per heavy atom. The zero-order valence-electron chi connectivity index (χ0n) is 16.5. The molecule has 1 amide bonds. The van der Waals surface area contributed by atoms with Crippen LogP contribution in [0.2, 0.25) is 0 Å². The first-order valence-corrected chi connectivity index (χ1v) is 11.8. The molecule has 0 unspecified atom stereocenters. The average Bonchev–Trinajstić information content (AvgIpc) is 3.24. The van der Waals surface area contributed by atoms with Crippen molar-refractivity contribution in [2.45, 2.75) is 51.6 Å². The lowest BCUT2D eigenvalue weighted by molar-refractivity contribution is -0.135. The molecule has 2 saturated heterocycles. The van der Waals surface area contributed by atoms with Crippen LogP contribution in [-0.2, 0) is 21.2 Å². The SMILES string of the molecule is CC(C)C(=O)N1CC[C@@H](NS(C)(=O)=O)[C@H]1Cc1cccc(N2CCCC2)c1. The zero-order valence-corrected chi connectivity index (χ0v) is 17.3. The largest absolute Gasteiger partial charge is 0.372 e. The summed E-state index contributed by atoms with van der Waals surface area (Å²) < 4.78 is 26.4. The highest BCUT2D eigenvalue weighted by atomic mass is 32.2. The highest BCUT2D eigenvalue weighted by Gasteiger charge is 2.39. The molecule has 3 rings (SSSR count). The summed E-state index contributed by atoms with van der Waals surface area (Å²) in [5.74, 6) is -0.00563. The highest BCUT2D eigenvalue weighted by molar-refractivity contribution is 7.88. The van der Waals surface area contributed by atoms with Crippen LogP contribution in [0.25, 0.3) is 0 Å². The van der Waals surface area contributed by atoms with E-state index in [0.717, 1.165) is 18.7 Å². The molecule has 27 heavy (non-hydrogen) atoms. The number of nitrogens with zero attached hydrogens (tertiary/aromatic N) is 2. The fourth-order valence-corrected chi connectivity index (χ4v) is 5.05. The fraction of sp³-hybridized carbons (Fsp3) is 0.650. The van der Waals surface area contributed by atoms with E-state index in [0.29, 0.717) is 19.4 Å². The third kappa shape index (κ3) is 5.02. The summed E-state index contributed by atoms with van der Waals surface area (Å²) >= 11 is 0. The van der Waals surface area contributed by atoms with E-state index in [2.05, 4.69) is 33.9 Å². The quantitative estimate of drug-likeness (QED) is 0.803.